The second kappa shape index (κ2) is 2.74. The van der Waals surface area contributed by atoms with E-state index in [-0.39, 0.29) is 5.31 Å². The van der Waals surface area contributed by atoms with Crippen molar-refractivity contribution in [1.29, 1.82) is 0 Å². The first-order valence-corrected chi connectivity index (χ1v) is 5.61. The normalized spacial score (nSPS) is 46.7. The average molecular weight is 196 g/mol. The summed E-state index contributed by atoms with van der Waals surface area (Å²) in [7, 11) is -1.08. The van der Waals surface area contributed by atoms with Crippen molar-refractivity contribution in [1.82, 2.24) is 0 Å². The van der Waals surface area contributed by atoms with Gasteiger partial charge in [0.25, 0.3) is 0 Å². The molecule has 78 valence electrons. The van der Waals surface area contributed by atoms with Gasteiger partial charge in [0.05, 0.1) is 0 Å². The Kier molecular flexibility index (Phi) is 1.80. The van der Waals surface area contributed by atoms with Gasteiger partial charge in [-0.05, 0) is 43.4 Å². The molecule has 4 rings (SSSR count). The molecule has 0 aromatic heterocycles. The highest BCUT2D eigenvalue weighted by molar-refractivity contribution is 6.46. The van der Waals surface area contributed by atoms with Gasteiger partial charge in [0.15, 0.2) is 0 Å². The van der Waals surface area contributed by atoms with E-state index in [0.29, 0.717) is 5.41 Å². The van der Waals surface area contributed by atoms with E-state index in [1.165, 1.54) is 12.8 Å². The third-order valence-corrected chi connectivity index (χ3v) is 4.75. The molecule has 1 aliphatic heterocycles. The molecule has 2 bridgehead atoms. The molecule has 0 unspecified atom stereocenters. The topological polar surface area (TPSA) is 49.7 Å². The second-order valence-electron chi connectivity index (χ2n) is 5.52. The van der Waals surface area contributed by atoms with Crippen molar-refractivity contribution >= 4 is 7.12 Å². The minimum Gasteiger partial charge on any atom is -0.427 e. The molecule has 2 N–H and O–H groups in total. The van der Waals surface area contributed by atoms with Crippen LogP contribution < -0.4 is 0 Å². The molecule has 3 aliphatic carbocycles. The summed E-state index contributed by atoms with van der Waals surface area (Å²) in [6.45, 7) is 1.81. The maximum atomic E-state index is 9.21. The molecular weight excluding hydrogens is 179 g/mol. The summed E-state index contributed by atoms with van der Waals surface area (Å²) in [4.78, 5) is 0. The average Bonchev–Trinajstić information content (AvgIpc) is 2.00. The van der Waals surface area contributed by atoms with Crippen LogP contribution in [0.4, 0.5) is 0 Å². The van der Waals surface area contributed by atoms with Crippen LogP contribution in [0.25, 0.3) is 0 Å². The van der Waals surface area contributed by atoms with Crippen molar-refractivity contribution in [2.75, 3.05) is 13.2 Å². The van der Waals surface area contributed by atoms with Crippen molar-refractivity contribution in [3.63, 3.8) is 0 Å². The molecule has 3 nitrogen and oxygen atoms in total. The molecule has 0 radical (unpaired) electrons. The summed E-state index contributed by atoms with van der Waals surface area (Å²) in [6.07, 6.45) is 5.49. The SMILES string of the molecule is OB(O)C12CC(C3CCOCC3)(C1)C2. The van der Waals surface area contributed by atoms with Crippen molar-refractivity contribution in [2.24, 2.45) is 11.3 Å². The molecule has 4 heteroatoms. The fourth-order valence-corrected chi connectivity index (χ4v) is 3.96. The molecule has 0 spiro atoms. The predicted octanol–water partition coefficient (Wildman–Crippen LogP) is 0.810. The fraction of sp³-hybridized carbons (Fsp3) is 1.00. The Hall–Kier alpha value is -0.0551. The zero-order valence-electron chi connectivity index (χ0n) is 8.41. The summed E-state index contributed by atoms with van der Waals surface area (Å²) in [5.41, 5.74) is 0.480. The highest BCUT2D eigenvalue weighted by Crippen LogP contribution is 2.82. The molecule has 0 atom stereocenters. The van der Waals surface area contributed by atoms with E-state index in [9.17, 15) is 10.0 Å². The molecule has 0 aromatic carbocycles. The zero-order chi connectivity index (χ0) is 9.81. The molecule has 0 aromatic rings. The smallest absolute Gasteiger partial charge is 0.427 e. The lowest BCUT2D eigenvalue weighted by Crippen LogP contribution is -2.66. The number of ether oxygens (including phenoxy) is 1. The first-order chi connectivity index (χ1) is 6.67. The first kappa shape index (κ1) is 9.19. The second-order valence-corrected chi connectivity index (χ2v) is 5.52. The Labute approximate surface area is 84.6 Å². The van der Waals surface area contributed by atoms with Gasteiger partial charge in [0.1, 0.15) is 0 Å². The van der Waals surface area contributed by atoms with Gasteiger partial charge in [0.2, 0.25) is 0 Å². The zero-order valence-corrected chi connectivity index (χ0v) is 8.41. The van der Waals surface area contributed by atoms with Gasteiger partial charge in [-0.15, -0.1) is 0 Å². The van der Waals surface area contributed by atoms with Gasteiger partial charge >= 0.3 is 7.12 Å². The largest absolute Gasteiger partial charge is 0.458 e. The predicted molar refractivity (Wildman–Crippen MR) is 52.7 cm³/mol. The molecule has 1 heterocycles. The minimum absolute atomic E-state index is 0.0989. The van der Waals surface area contributed by atoms with Crippen LogP contribution >= 0.6 is 0 Å². The Morgan fingerprint density at radius 1 is 1.07 bits per heavy atom. The van der Waals surface area contributed by atoms with Gasteiger partial charge in [-0.3, -0.25) is 0 Å². The Morgan fingerprint density at radius 2 is 1.64 bits per heavy atom. The van der Waals surface area contributed by atoms with Crippen LogP contribution in [0, 0.1) is 11.3 Å². The highest BCUT2D eigenvalue weighted by Gasteiger charge is 2.73. The van der Waals surface area contributed by atoms with Gasteiger partial charge in [0, 0.05) is 18.5 Å². The molecule has 4 fully saturated rings. The van der Waals surface area contributed by atoms with E-state index in [0.717, 1.165) is 38.4 Å². The van der Waals surface area contributed by atoms with E-state index in [2.05, 4.69) is 0 Å². The number of hydrogen-bond acceptors (Lipinski definition) is 3. The van der Waals surface area contributed by atoms with Crippen molar-refractivity contribution < 1.29 is 14.8 Å². The van der Waals surface area contributed by atoms with Crippen LogP contribution in [0.3, 0.4) is 0 Å². The van der Waals surface area contributed by atoms with Crippen molar-refractivity contribution in [3.05, 3.63) is 0 Å². The maximum Gasteiger partial charge on any atom is 0.458 e. The number of hydrogen-bond donors (Lipinski definition) is 2. The minimum atomic E-state index is -1.08. The Bertz CT molecular complexity index is 228. The Morgan fingerprint density at radius 3 is 2.14 bits per heavy atom. The van der Waals surface area contributed by atoms with Crippen LogP contribution in [-0.4, -0.2) is 30.4 Å². The van der Waals surface area contributed by atoms with Crippen LogP contribution in [0.2, 0.25) is 5.31 Å². The lowest BCUT2D eigenvalue weighted by atomic mass is 9.22. The molecule has 0 amide bonds. The summed E-state index contributed by atoms with van der Waals surface area (Å²) < 4.78 is 5.35. The molecule has 4 aliphatic rings. The third-order valence-electron chi connectivity index (χ3n) is 4.75. The summed E-state index contributed by atoms with van der Waals surface area (Å²) >= 11 is 0. The number of rotatable bonds is 2. The van der Waals surface area contributed by atoms with Crippen LogP contribution in [0.5, 0.6) is 0 Å². The molecule has 1 saturated heterocycles. The Balaban J connectivity index is 1.63. The molecule has 14 heavy (non-hydrogen) atoms. The van der Waals surface area contributed by atoms with Crippen LogP contribution in [-0.2, 0) is 4.74 Å². The summed E-state index contributed by atoms with van der Waals surface area (Å²) in [5, 5.41) is 18.3. The lowest BCUT2D eigenvalue weighted by molar-refractivity contribution is -0.170. The van der Waals surface area contributed by atoms with Gasteiger partial charge in [-0.2, -0.15) is 0 Å². The third kappa shape index (κ3) is 0.994. The lowest BCUT2D eigenvalue weighted by Gasteiger charge is -2.73. The van der Waals surface area contributed by atoms with E-state index in [1.807, 2.05) is 0 Å². The van der Waals surface area contributed by atoms with Crippen LogP contribution in [0.15, 0.2) is 0 Å². The molecular formula is C10H17BO3. The van der Waals surface area contributed by atoms with E-state index < -0.39 is 7.12 Å². The van der Waals surface area contributed by atoms with Crippen molar-refractivity contribution in [2.45, 2.75) is 37.4 Å². The van der Waals surface area contributed by atoms with E-state index >= 15 is 0 Å². The summed E-state index contributed by atoms with van der Waals surface area (Å²) in [5.74, 6) is 0.789. The highest BCUT2D eigenvalue weighted by atomic mass is 16.5. The maximum absolute atomic E-state index is 9.21. The van der Waals surface area contributed by atoms with Gasteiger partial charge in [-0.1, -0.05) is 0 Å². The standard InChI is InChI=1S/C10H17BO3/c12-11(13)10-5-9(6-10,7-10)8-1-3-14-4-2-8/h8,12-13H,1-7H2. The van der Waals surface area contributed by atoms with E-state index in [1.54, 1.807) is 0 Å². The van der Waals surface area contributed by atoms with Gasteiger partial charge in [-0.25, -0.2) is 0 Å². The van der Waals surface area contributed by atoms with Crippen LogP contribution in [0.1, 0.15) is 32.1 Å². The van der Waals surface area contributed by atoms with Gasteiger partial charge < -0.3 is 14.8 Å². The fourth-order valence-electron chi connectivity index (χ4n) is 3.96. The van der Waals surface area contributed by atoms with Crippen molar-refractivity contribution in [3.8, 4) is 0 Å². The molecule has 3 saturated carbocycles. The van der Waals surface area contributed by atoms with E-state index in [4.69, 9.17) is 4.74 Å². The monoisotopic (exact) mass is 196 g/mol. The summed E-state index contributed by atoms with van der Waals surface area (Å²) in [6, 6.07) is 0. The first-order valence-electron chi connectivity index (χ1n) is 5.61. The quantitative estimate of drug-likeness (QED) is 0.642.